The van der Waals surface area contributed by atoms with Gasteiger partial charge >= 0.3 is 0 Å². The number of rotatable bonds is 5. The average molecular weight is 331 g/mol. The predicted octanol–water partition coefficient (Wildman–Crippen LogP) is 2.78. The standard InChI is InChI=1S/C13H19BrN2OS/c1-9(15)12(17)16-8-13(2,3)18-11-6-4-10(14)5-7-11/h4-7,9H,8,15H2,1-3H3,(H,16,17)/t9-/m0/s1. The van der Waals surface area contributed by atoms with Crippen LogP contribution in [0.5, 0.6) is 0 Å². The monoisotopic (exact) mass is 330 g/mol. The molecular weight excluding hydrogens is 312 g/mol. The minimum atomic E-state index is -0.460. The highest BCUT2D eigenvalue weighted by Gasteiger charge is 2.21. The molecule has 100 valence electrons. The average Bonchev–Trinajstić information content (AvgIpc) is 2.29. The van der Waals surface area contributed by atoms with Crippen LogP contribution in [0.1, 0.15) is 20.8 Å². The van der Waals surface area contributed by atoms with Crippen LogP contribution in [0, 0.1) is 0 Å². The summed E-state index contributed by atoms with van der Waals surface area (Å²) in [5.41, 5.74) is 5.51. The molecule has 0 saturated heterocycles. The minimum absolute atomic E-state index is 0.0711. The first-order chi connectivity index (χ1) is 8.30. The van der Waals surface area contributed by atoms with Crippen LogP contribution in [0.4, 0.5) is 0 Å². The highest BCUT2D eigenvalue weighted by Crippen LogP contribution is 2.32. The molecule has 1 atom stereocenters. The van der Waals surface area contributed by atoms with Gasteiger partial charge in [-0.25, -0.2) is 0 Å². The molecule has 0 fully saturated rings. The molecule has 0 aliphatic carbocycles. The smallest absolute Gasteiger partial charge is 0.236 e. The van der Waals surface area contributed by atoms with Crippen molar-refractivity contribution < 1.29 is 4.79 Å². The van der Waals surface area contributed by atoms with E-state index in [9.17, 15) is 4.79 Å². The number of amides is 1. The van der Waals surface area contributed by atoms with Crippen molar-refractivity contribution in [3.63, 3.8) is 0 Å². The summed E-state index contributed by atoms with van der Waals surface area (Å²) in [6.07, 6.45) is 0. The molecule has 0 unspecified atom stereocenters. The number of hydrogen-bond donors (Lipinski definition) is 2. The van der Waals surface area contributed by atoms with E-state index in [0.29, 0.717) is 6.54 Å². The van der Waals surface area contributed by atoms with Crippen molar-refractivity contribution in [3.05, 3.63) is 28.7 Å². The first-order valence-electron chi connectivity index (χ1n) is 5.78. The van der Waals surface area contributed by atoms with E-state index in [0.717, 1.165) is 4.47 Å². The second-order valence-corrected chi connectivity index (χ2v) is 7.52. The van der Waals surface area contributed by atoms with Crippen LogP contribution in [-0.2, 0) is 4.79 Å². The van der Waals surface area contributed by atoms with Crippen LogP contribution >= 0.6 is 27.7 Å². The lowest BCUT2D eigenvalue weighted by molar-refractivity contribution is -0.122. The van der Waals surface area contributed by atoms with Crippen LogP contribution < -0.4 is 11.1 Å². The van der Waals surface area contributed by atoms with Crippen molar-refractivity contribution in [2.45, 2.75) is 36.5 Å². The van der Waals surface area contributed by atoms with Crippen LogP contribution in [0.3, 0.4) is 0 Å². The number of benzene rings is 1. The van der Waals surface area contributed by atoms with Crippen molar-refractivity contribution >= 4 is 33.6 Å². The third-order valence-electron chi connectivity index (χ3n) is 2.31. The summed E-state index contributed by atoms with van der Waals surface area (Å²) < 4.78 is 0.994. The van der Waals surface area contributed by atoms with Crippen LogP contribution in [0.25, 0.3) is 0 Å². The van der Waals surface area contributed by atoms with Gasteiger partial charge in [0.2, 0.25) is 5.91 Å². The van der Waals surface area contributed by atoms with E-state index < -0.39 is 6.04 Å². The molecule has 3 nitrogen and oxygen atoms in total. The maximum Gasteiger partial charge on any atom is 0.236 e. The zero-order valence-corrected chi connectivity index (χ0v) is 13.3. The maximum absolute atomic E-state index is 11.4. The van der Waals surface area contributed by atoms with Gasteiger partial charge in [-0.2, -0.15) is 0 Å². The molecule has 1 aromatic rings. The Kier molecular flexibility index (Phi) is 5.69. The van der Waals surface area contributed by atoms with Crippen molar-refractivity contribution in [1.82, 2.24) is 5.32 Å². The van der Waals surface area contributed by atoms with Gasteiger partial charge in [0.05, 0.1) is 6.04 Å². The predicted molar refractivity (Wildman–Crippen MR) is 80.7 cm³/mol. The van der Waals surface area contributed by atoms with Crippen LogP contribution in [0.2, 0.25) is 0 Å². The van der Waals surface area contributed by atoms with E-state index in [-0.39, 0.29) is 10.7 Å². The van der Waals surface area contributed by atoms with E-state index in [2.05, 4.69) is 47.2 Å². The zero-order chi connectivity index (χ0) is 13.8. The van der Waals surface area contributed by atoms with Crippen LogP contribution in [0.15, 0.2) is 33.6 Å². The molecule has 0 radical (unpaired) electrons. The minimum Gasteiger partial charge on any atom is -0.353 e. The number of hydrogen-bond acceptors (Lipinski definition) is 3. The third-order valence-corrected chi connectivity index (χ3v) is 4.04. The van der Waals surface area contributed by atoms with Gasteiger partial charge in [-0.15, -0.1) is 11.8 Å². The second-order valence-electron chi connectivity index (χ2n) is 4.82. The molecule has 0 saturated carbocycles. The second kappa shape index (κ2) is 6.59. The number of thioether (sulfide) groups is 1. The van der Waals surface area contributed by atoms with Gasteiger partial charge in [0.15, 0.2) is 0 Å². The normalized spacial score (nSPS) is 13.2. The molecule has 0 bridgehead atoms. The molecule has 0 aliphatic heterocycles. The fourth-order valence-electron chi connectivity index (χ4n) is 1.32. The Morgan fingerprint density at radius 3 is 2.50 bits per heavy atom. The molecule has 0 spiro atoms. The lowest BCUT2D eigenvalue weighted by Crippen LogP contribution is -2.43. The molecule has 0 heterocycles. The number of nitrogens with two attached hydrogens (primary N) is 1. The molecule has 1 aromatic carbocycles. The zero-order valence-electron chi connectivity index (χ0n) is 10.9. The quantitative estimate of drug-likeness (QED) is 0.816. The molecule has 1 rings (SSSR count). The van der Waals surface area contributed by atoms with Gasteiger partial charge in [0, 0.05) is 20.7 Å². The summed E-state index contributed by atoms with van der Waals surface area (Å²) in [5, 5.41) is 2.86. The summed E-state index contributed by atoms with van der Waals surface area (Å²) in [6.45, 7) is 6.47. The van der Waals surface area contributed by atoms with E-state index in [1.807, 2.05) is 12.1 Å². The van der Waals surface area contributed by atoms with Crippen molar-refractivity contribution in [2.24, 2.45) is 5.73 Å². The van der Waals surface area contributed by atoms with E-state index in [1.165, 1.54) is 4.90 Å². The highest BCUT2D eigenvalue weighted by molar-refractivity contribution is 9.10. The Bertz CT molecular complexity index is 404. The molecule has 0 aliphatic rings. The molecule has 1 amide bonds. The number of carbonyl (C=O) groups is 1. The van der Waals surface area contributed by atoms with E-state index in [4.69, 9.17) is 5.73 Å². The Morgan fingerprint density at radius 2 is 2.00 bits per heavy atom. The van der Waals surface area contributed by atoms with Crippen molar-refractivity contribution in [1.29, 1.82) is 0 Å². The Hall–Kier alpha value is -0.520. The largest absolute Gasteiger partial charge is 0.353 e. The molecule has 5 heteroatoms. The number of halogens is 1. The van der Waals surface area contributed by atoms with Gasteiger partial charge in [-0.1, -0.05) is 15.9 Å². The number of carbonyl (C=O) groups excluding carboxylic acids is 1. The Balaban J connectivity index is 2.53. The lowest BCUT2D eigenvalue weighted by Gasteiger charge is -2.25. The molecule has 0 aromatic heterocycles. The van der Waals surface area contributed by atoms with Crippen LogP contribution in [-0.4, -0.2) is 23.2 Å². The summed E-state index contributed by atoms with van der Waals surface area (Å²) >= 11 is 5.14. The maximum atomic E-state index is 11.4. The van der Waals surface area contributed by atoms with Gasteiger partial charge in [-0.05, 0) is 45.0 Å². The molecule has 18 heavy (non-hydrogen) atoms. The van der Waals surface area contributed by atoms with Gasteiger partial charge in [0.1, 0.15) is 0 Å². The summed E-state index contributed by atoms with van der Waals surface area (Å²) in [6, 6.07) is 7.68. The third kappa shape index (κ3) is 5.42. The summed E-state index contributed by atoms with van der Waals surface area (Å²) in [5.74, 6) is -0.112. The van der Waals surface area contributed by atoms with E-state index >= 15 is 0 Å². The molecular formula is C13H19BrN2OS. The summed E-state index contributed by atoms with van der Waals surface area (Å²) in [4.78, 5) is 12.6. The van der Waals surface area contributed by atoms with E-state index in [1.54, 1.807) is 18.7 Å². The topological polar surface area (TPSA) is 55.1 Å². The fraction of sp³-hybridized carbons (Fsp3) is 0.462. The first-order valence-corrected chi connectivity index (χ1v) is 7.39. The lowest BCUT2D eigenvalue weighted by atomic mass is 10.2. The van der Waals surface area contributed by atoms with Crippen molar-refractivity contribution in [3.8, 4) is 0 Å². The molecule has 3 N–H and O–H groups in total. The SMILES string of the molecule is C[C@H](N)C(=O)NCC(C)(C)Sc1ccc(Br)cc1. The highest BCUT2D eigenvalue weighted by atomic mass is 79.9. The summed E-state index contributed by atoms with van der Waals surface area (Å²) in [7, 11) is 0. The van der Waals surface area contributed by atoms with Gasteiger partial charge in [0.25, 0.3) is 0 Å². The van der Waals surface area contributed by atoms with Gasteiger partial charge < -0.3 is 11.1 Å². The van der Waals surface area contributed by atoms with Gasteiger partial charge in [-0.3, -0.25) is 4.79 Å². The Morgan fingerprint density at radius 1 is 1.44 bits per heavy atom. The number of nitrogens with one attached hydrogen (secondary N) is 1. The first kappa shape index (κ1) is 15.5. The fourth-order valence-corrected chi connectivity index (χ4v) is 2.64. The van der Waals surface area contributed by atoms with Crippen molar-refractivity contribution in [2.75, 3.05) is 6.54 Å². The Labute approximate surface area is 121 Å².